The normalized spacial score (nSPS) is 9.50. The molecule has 0 radical (unpaired) electrons. The molecule has 0 heterocycles. The molecule has 0 aliphatic heterocycles. The maximum atomic E-state index is 3.83. The predicted molar refractivity (Wildman–Crippen MR) is 46.2 cm³/mol. The van der Waals surface area contributed by atoms with Crippen molar-refractivity contribution < 1.29 is 0 Å². The monoisotopic (exact) mass is 140 g/mol. The first kappa shape index (κ1) is 9.21. The lowest BCUT2D eigenvalue weighted by Crippen LogP contribution is -2.21. The zero-order valence-electron chi connectivity index (χ0n) is 6.88. The zero-order valence-corrected chi connectivity index (χ0v) is 6.88. The first-order valence-electron chi connectivity index (χ1n) is 3.53. The van der Waals surface area contributed by atoms with Crippen LogP contribution in [0.25, 0.3) is 0 Å². The molecule has 0 fully saturated rings. The summed E-state index contributed by atoms with van der Waals surface area (Å²) in [6.45, 7) is 13.1. The Balaban J connectivity index is 3.59. The molecular weight excluding hydrogens is 124 g/mol. The number of nitrogens with zero attached hydrogens (tertiary/aromatic N) is 2. The van der Waals surface area contributed by atoms with Crippen LogP contribution in [0.2, 0.25) is 0 Å². The molecule has 0 aliphatic carbocycles. The maximum absolute atomic E-state index is 3.83. The van der Waals surface area contributed by atoms with Gasteiger partial charge in [-0.25, -0.2) is 0 Å². The molecule has 0 bridgehead atoms. The third-order valence-corrected chi connectivity index (χ3v) is 1.12. The molecule has 0 aromatic rings. The van der Waals surface area contributed by atoms with E-state index in [1.807, 2.05) is 11.1 Å². The summed E-state index contributed by atoms with van der Waals surface area (Å²) in [5, 5.41) is 5.73. The van der Waals surface area contributed by atoms with Gasteiger partial charge in [-0.05, 0) is 5.92 Å². The van der Waals surface area contributed by atoms with Crippen molar-refractivity contribution in [2.75, 3.05) is 13.1 Å². The Morgan fingerprint density at radius 3 is 2.50 bits per heavy atom. The predicted octanol–water partition coefficient (Wildman–Crippen LogP) is 1.75. The van der Waals surface area contributed by atoms with Gasteiger partial charge in [0, 0.05) is 13.3 Å². The molecule has 0 N–H and O–H groups in total. The second-order valence-corrected chi connectivity index (χ2v) is 2.70. The lowest BCUT2D eigenvalue weighted by atomic mass is 10.2. The zero-order chi connectivity index (χ0) is 7.98. The Labute approximate surface area is 63.2 Å². The Morgan fingerprint density at radius 1 is 1.60 bits per heavy atom. The molecule has 0 atom stereocenters. The van der Waals surface area contributed by atoms with Crippen molar-refractivity contribution in [1.82, 2.24) is 5.01 Å². The maximum Gasteiger partial charge on any atom is 0.0538 e. The average molecular weight is 140 g/mol. The topological polar surface area (TPSA) is 15.6 Å². The van der Waals surface area contributed by atoms with Gasteiger partial charge in [-0.3, -0.25) is 5.01 Å². The summed E-state index contributed by atoms with van der Waals surface area (Å²) in [7, 11) is 0. The van der Waals surface area contributed by atoms with E-state index in [-0.39, 0.29) is 0 Å². The molecule has 0 saturated carbocycles. The number of hydrogen-bond acceptors (Lipinski definition) is 2. The van der Waals surface area contributed by atoms with Gasteiger partial charge in [0.2, 0.25) is 0 Å². The fourth-order valence-corrected chi connectivity index (χ4v) is 0.761. The van der Waals surface area contributed by atoms with Crippen molar-refractivity contribution in [3.8, 4) is 0 Å². The third-order valence-electron chi connectivity index (χ3n) is 1.12. The molecule has 0 rings (SSSR count). The first-order chi connectivity index (χ1) is 4.70. The van der Waals surface area contributed by atoms with Crippen LogP contribution in [0.4, 0.5) is 0 Å². The van der Waals surface area contributed by atoms with Crippen LogP contribution >= 0.6 is 0 Å². The molecule has 0 aromatic carbocycles. The van der Waals surface area contributed by atoms with Crippen LogP contribution in [0, 0.1) is 5.92 Å². The molecule has 0 spiro atoms. The van der Waals surface area contributed by atoms with Gasteiger partial charge in [-0.2, -0.15) is 5.10 Å². The van der Waals surface area contributed by atoms with Crippen molar-refractivity contribution in [2.45, 2.75) is 13.8 Å². The smallest absolute Gasteiger partial charge is 0.0538 e. The summed E-state index contributed by atoms with van der Waals surface area (Å²) in [6.07, 6.45) is 1.83. The van der Waals surface area contributed by atoms with Gasteiger partial charge in [-0.15, -0.1) is 6.58 Å². The van der Waals surface area contributed by atoms with Gasteiger partial charge in [0.1, 0.15) is 0 Å². The van der Waals surface area contributed by atoms with Crippen LogP contribution in [0.15, 0.2) is 17.8 Å². The third kappa shape index (κ3) is 4.13. The highest BCUT2D eigenvalue weighted by atomic mass is 15.4. The highest BCUT2D eigenvalue weighted by molar-refractivity contribution is 5.22. The van der Waals surface area contributed by atoms with E-state index in [9.17, 15) is 0 Å². The minimum atomic E-state index is 0.630. The summed E-state index contributed by atoms with van der Waals surface area (Å²) in [6, 6.07) is 0. The first-order valence-corrected chi connectivity index (χ1v) is 3.53. The van der Waals surface area contributed by atoms with Crippen LogP contribution in [0.3, 0.4) is 0 Å². The fraction of sp³-hybridized carbons (Fsp3) is 0.625. The summed E-state index contributed by atoms with van der Waals surface area (Å²) in [4.78, 5) is 0. The fourth-order valence-electron chi connectivity index (χ4n) is 0.761. The van der Waals surface area contributed by atoms with E-state index < -0.39 is 0 Å². The van der Waals surface area contributed by atoms with E-state index >= 15 is 0 Å². The van der Waals surface area contributed by atoms with Gasteiger partial charge in [0.25, 0.3) is 0 Å². The number of rotatable bonds is 5. The van der Waals surface area contributed by atoms with Gasteiger partial charge in [0.15, 0.2) is 0 Å². The van der Waals surface area contributed by atoms with E-state index in [2.05, 4.69) is 32.2 Å². The van der Waals surface area contributed by atoms with Crippen LogP contribution in [0.1, 0.15) is 13.8 Å². The summed E-state index contributed by atoms with van der Waals surface area (Å²) < 4.78 is 0. The minimum Gasteiger partial charge on any atom is -0.294 e. The Morgan fingerprint density at radius 2 is 2.20 bits per heavy atom. The van der Waals surface area contributed by atoms with E-state index in [0.29, 0.717) is 5.92 Å². The average Bonchev–Trinajstić information content (AvgIpc) is 1.86. The number of hydrogen-bond donors (Lipinski definition) is 0. The molecule has 0 unspecified atom stereocenters. The number of hydrazone groups is 1. The largest absolute Gasteiger partial charge is 0.294 e. The standard InChI is InChI=1S/C8H16N2/c1-5-6-10(9-4)7-8(2)3/h5,8H,1,4,6-7H2,2-3H3. The lowest BCUT2D eigenvalue weighted by molar-refractivity contribution is 0.284. The lowest BCUT2D eigenvalue weighted by Gasteiger charge is -2.18. The van der Waals surface area contributed by atoms with E-state index in [0.717, 1.165) is 13.1 Å². The van der Waals surface area contributed by atoms with Crippen molar-refractivity contribution >= 4 is 6.72 Å². The van der Waals surface area contributed by atoms with Crippen molar-refractivity contribution in [3.05, 3.63) is 12.7 Å². The minimum absolute atomic E-state index is 0.630. The molecule has 58 valence electrons. The van der Waals surface area contributed by atoms with Crippen molar-refractivity contribution in [3.63, 3.8) is 0 Å². The van der Waals surface area contributed by atoms with Gasteiger partial charge >= 0.3 is 0 Å². The molecule has 0 aromatic heterocycles. The molecule has 0 aliphatic rings. The highest BCUT2D eigenvalue weighted by Gasteiger charge is 1.99. The second-order valence-electron chi connectivity index (χ2n) is 2.70. The van der Waals surface area contributed by atoms with E-state index in [4.69, 9.17) is 0 Å². The molecule has 2 nitrogen and oxygen atoms in total. The Kier molecular flexibility index (Phi) is 4.63. The molecule has 10 heavy (non-hydrogen) atoms. The Bertz CT molecular complexity index is 108. The van der Waals surface area contributed by atoms with Gasteiger partial charge in [-0.1, -0.05) is 19.9 Å². The molecular formula is C8H16N2. The summed E-state index contributed by atoms with van der Waals surface area (Å²) in [5.41, 5.74) is 0. The van der Waals surface area contributed by atoms with Gasteiger partial charge < -0.3 is 0 Å². The summed E-state index contributed by atoms with van der Waals surface area (Å²) in [5.74, 6) is 0.630. The summed E-state index contributed by atoms with van der Waals surface area (Å²) >= 11 is 0. The molecule has 0 amide bonds. The molecule has 0 saturated heterocycles. The quantitative estimate of drug-likeness (QED) is 0.323. The highest BCUT2D eigenvalue weighted by Crippen LogP contribution is 1.97. The van der Waals surface area contributed by atoms with Crippen LogP contribution in [-0.2, 0) is 0 Å². The van der Waals surface area contributed by atoms with Gasteiger partial charge in [0.05, 0.1) is 6.54 Å². The molecule has 2 heteroatoms. The Hall–Kier alpha value is -0.790. The second kappa shape index (κ2) is 5.03. The van der Waals surface area contributed by atoms with Crippen molar-refractivity contribution in [1.29, 1.82) is 0 Å². The van der Waals surface area contributed by atoms with Crippen LogP contribution < -0.4 is 0 Å². The van der Waals surface area contributed by atoms with Crippen LogP contribution in [0.5, 0.6) is 0 Å². The van der Waals surface area contributed by atoms with Crippen LogP contribution in [-0.4, -0.2) is 24.8 Å². The van der Waals surface area contributed by atoms with Crippen molar-refractivity contribution in [2.24, 2.45) is 11.0 Å². The van der Waals surface area contributed by atoms with E-state index in [1.165, 1.54) is 0 Å². The van der Waals surface area contributed by atoms with E-state index in [1.54, 1.807) is 0 Å². The SMILES string of the molecule is C=CCN(CC(C)C)N=C.